The zero-order valence-electron chi connectivity index (χ0n) is 6.83. The Balaban J connectivity index is 3.42. The van der Waals surface area contributed by atoms with Crippen LogP contribution in [0.2, 0.25) is 0 Å². The van der Waals surface area contributed by atoms with Crippen molar-refractivity contribution in [3.63, 3.8) is 0 Å². The van der Waals surface area contributed by atoms with Crippen LogP contribution in [0.3, 0.4) is 0 Å². The van der Waals surface area contributed by atoms with Crippen LogP contribution in [-0.4, -0.2) is 61.0 Å². The first kappa shape index (κ1) is 11.3. The van der Waals surface area contributed by atoms with E-state index in [1.165, 1.54) is 6.69 Å². The van der Waals surface area contributed by atoms with Gasteiger partial charge in [0, 0.05) is 0 Å². The topological polar surface area (TPSA) is 12.0 Å². The van der Waals surface area contributed by atoms with E-state index in [0.29, 0.717) is 0 Å². The molecule has 0 aliphatic rings. The van der Waals surface area contributed by atoms with Crippen LogP contribution in [0.4, 0.5) is 0 Å². The van der Waals surface area contributed by atoms with Crippen LogP contribution in [0, 0.1) is 0 Å². The first-order valence-corrected chi connectivity index (χ1v) is 3.68. The van der Waals surface area contributed by atoms with Crippen molar-refractivity contribution in [1.82, 2.24) is 5.23 Å². The fourth-order valence-electron chi connectivity index (χ4n) is 0.498. The van der Waals surface area contributed by atoms with Gasteiger partial charge in [-0.2, -0.15) is 0 Å². The molecule has 0 unspecified atom stereocenters. The maximum absolute atomic E-state index is 5.11. The summed E-state index contributed by atoms with van der Waals surface area (Å²) >= 11 is 0. The third kappa shape index (κ3) is 10.3. The van der Waals surface area contributed by atoms with Gasteiger partial charge < -0.3 is 0 Å². The molecule has 0 heterocycles. The van der Waals surface area contributed by atoms with Gasteiger partial charge in [0.25, 0.3) is 0 Å². The molecule has 1 N–H and O–H groups in total. The summed E-state index contributed by atoms with van der Waals surface area (Å²) in [5, 5.41) is 3.05. The molecule has 9 heteroatoms. The fraction of sp³-hybridized carbons (Fsp3) is 1.00. The summed E-state index contributed by atoms with van der Waals surface area (Å²) in [6.07, 6.45) is 0. The number of hydrogen-bond donors (Lipinski definition) is 1. The van der Waals surface area contributed by atoms with Crippen LogP contribution >= 0.6 is 0 Å². The van der Waals surface area contributed by atoms with Crippen molar-refractivity contribution >= 4 is 54.5 Å². The predicted molar refractivity (Wildman–Crippen MR) is 59.7 cm³/mol. The second-order valence-electron chi connectivity index (χ2n) is 1.88. The third-order valence-electron chi connectivity index (χ3n) is 0.974. The quantitative estimate of drug-likeness (QED) is 0.392. The van der Waals surface area contributed by atoms with Gasteiger partial charge in [-0.25, -0.2) is 0 Å². The van der Waals surface area contributed by atoms with Crippen molar-refractivity contribution in [1.29, 1.82) is 0 Å². The van der Waals surface area contributed by atoms with Crippen LogP contribution in [0.1, 0.15) is 6.92 Å². The molecule has 0 aliphatic carbocycles. The summed E-state index contributed by atoms with van der Waals surface area (Å²) in [6, 6.07) is 0. The van der Waals surface area contributed by atoms with Crippen molar-refractivity contribution in [2.24, 2.45) is 0 Å². The van der Waals surface area contributed by atoms with Crippen molar-refractivity contribution in [2.45, 2.75) is 6.92 Å². The normalized spacial score (nSPS) is 6.91. The Kier molecular flexibility index (Phi) is 10.6. The first-order valence-electron chi connectivity index (χ1n) is 3.68. The summed E-state index contributed by atoms with van der Waals surface area (Å²) in [7, 11) is 5.11. The molecule has 0 aromatic carbocycles. The molecule has 0 saturated carbocycles. The molecule has 0 bridgehead atoms. The Morgan fingerprint density at radius 3 is 2.36 bits per heavy atom. The van der Waals surface area contributed by atoms with Gasteiger partial charge in [-0.05, 0) is 0 Å². The molecule has 0 spiro atoms. The third-order valence-corrected chi connectivity index (χ3v) is 0.974. The minimum absolute atomic E-state index is 0.955. The van der Waals surface area contributed by atoms with Gasteiger partial charge in [-0.15, -0.1) is 0 Å². The molecule has 43 valence electrons. The van der Waals surface area contributed by atoms with Crippen molar-refractivity contribution in [3.8, 4) is 0 Å². The summed E-state index contributed by atoms with van der Waals surface area (Å²) in [6.45, 7) is 15.8. The Labute approximate surface area is 73.7 Å². The molecule has 0 aromatic rings. The summed E-state index contributed by atoms with van der Waals surface area (Å²) in [5.74, 6) is 0. The van der Waals surface area contributed by atoms with E-state index >= 15 is 0 Å². The molecule has 0 amide bonds. The van der Waals surface area contributed by atoms with Crippen LogP contribution in [0.5, 0.6) is 0 Å². The molecule has 0 aromatic heterocycles. The van der Waals surface area contributed by atoms with E-state index in [1.807, 2.05) is 33.7 Å². The molecular weight excluding hydrogens is 125 g/mol. The molecular formula is C2H6B8N. The second-order valence-corrected chi connectivity index (χ2v) is 1.88. The van der Waals surface area contributed by atoms with Crippen molar-refractivity contribution in [3.05, 3.63) is 0 Å². The molecule has 1 nitrogen and oxygen atoms in total. The van der Waals surface area contributed by atoms with Crippen LogP contribution < -0.4 is 5.23 Å². The van der Waals surface area contributed by atoms with Crippen molar-refractivity contribution < 1.29 is 0 Å². The van der Waals surface area contributed by atoms with Gasteiger partial charge in [0.2, 0.25) is 0 Å². The molecule has 0 aliphatic heterocycles. The van der Waals surface area contributed by atoms with Gasteiger partial charge in [0.15, 0.2) is 0 Å². The van der Waals surface area contributed by atoms with E-state index in [9.17, 15) is 0 Å². The molecule has 0 atom stereocenters. The van der Waals surface area contributed by atoms with Gasteiger partial charge in [0.1, 0.15) is 0 Å². The van der Waals surface area contributed by atoms with Gasteiger partial charge in [-0.3, -0.25) is 0 Å². The molecule has 11 heavy (non-hydrogen) atoms. The number of rotatable bonds is 5. The summed E-state index contributed by atoms with van der Waals surface area (Å²) in [5.41, 5.74) is 0. The zero-order valence-corrected chi connectivity index (χ0v) is 6.83. The van der Waals surface area contributed by atoms with E-state index < -0.39 is 0 Å². The maximum atomic E-state index is 5.11. The SMILES string of the molecule is [B]=BB=BB=BB=BNCC. The van der Waals surface area contributed by atoms with Crippen LogP contribution in [-0.2, 0) is 0 Å². The fourth-order valence-corrected chi connectivity index (χ4v) is 0.498. The standard InChI is InChI=1S/C2H6B8N/c1-2-11-10-9-8-7-6-5-4-3/h11H,2H2,1H3. The van der Waals surface area contributed by atoms with Gasteiger partial charge >= 0.3 is 73.2 Å². The Bertz CT molecular complexity index is 171. The average Bonchev–Trinajstić information content (AvgIpc) is 2.03. The molecule has 0 rings (SSSR count). The zero-order chi connectivity index (χ0) is 8.36. The van der Waals surface area contributed by atoms with E-state index in [-0.39, 0.29) is 0 Å². The average molecular weight is 131 g/mol. The Morgan fingerprint density at radius 1 is 1.09 bits per heavy atom. The van der Waals surface area contributed by atoms with Gasteiger partial charge in [-0.1, -0.05) is 0 Å². The van der Waals surface area contributed by atoms with Crippen molar-refractivity contribution in [2.75, 3.05) is 6.54 Å². The molecule has 0 fully saturated rings. The molecule has 1 radical (unpaired) electrons. The summed E-state index contributed by atoms with van der Waals surface area (Å²) in [4.78, 5) is 0. The van der Waals surface area contributed by atoms with Gasteiger partial charge in [0.05, 0.1) is 0 Å². The van der Waals surface area contributed by atoms with E-state index in [2.05, 4.69) is 12.2 Å². The number of hydrogen-bond acceptors (Lipinski definition) is 1. The molecule has 0 saturated heterocycles. The van der Waals surface area contributed by atoms with E-state index in [1.54, 1.807) is 6.69 Å². The Morgan fingerprint density at radius 2 is 1.73 bits per heavy atom. The Hall–Kier alpha value is 0.319. The first-order chi connectivity index (χ1) is 5.41. The van der Waals surface area contributed by atoms with E-state index in [0.717, 1.165) is 6.54 Å². The predicted octanol–water partition coefficient (Wildman–Crippen LogP) is -2.99. The summed E-state index contributed by atoms with van der Waals surface area (Å²) < 4.78 is 0. The minimum atomic E-state index is 0.955. The van der Waals surface area contributed by atoms with Crippen LogP contribution in [0.15, 0.2) is 0 Å². The second kappa shape index (κ2) is 10.3. The number of nitrogens with one attached hydrogen (secondary N) is 1. The van der Waals surface area contributed by atoms with E-state index in [4.69, 9.17) is 7.37 Å². The monoisotopic (exact) mass is 132 g/mol. The van der Waals surface area contributed by atoms with Crippen LogP contribution in [0.25, 0.3) is 0 Å².